The molecule has 102 valence electrons. The molecule has 0 amide bonds. The van der Waals surface area contributed by atoms with E-state index in [0.717, 1.165) is 24.4 Å². The highest BCUT2D eigenvalue weighted by Crippen LogP contribution is 2.35. The fourth-order valence-electron chi connectivity index (χ4n) is 3.47. The molecule has 0 saturated heterocycles. The number of unbranched alkanes of at least 4 members (excludes halogenated alkanes) is 4. The molecular formula is C16H33N. The second-order valence-corrected chi connectivity index (χ2v) is 5.94. The van der Waals surface area contributed by atoms with Crippen LogP contribution in [0.1, 0.15) is 78.6 Å². The van der Waals surface area contributed by atoms with Crippen LogP contribution in [0.3, 0.4) is 0 Å². The van der Waals surface area contributed by atoms with Crippen LogP contribution >= 0.6 is 0 Å². The Labute approximate surface area is 109 Å². The van der Waals surface area contributed by atoms with Crippen molar-refractivity contribution >= 4 is 0 Å². The molecule has 1 aliphatic carbocycles. The number of rotatable bonds is 9. The molecule has 0 radical (unpaired) electrons. The zero-order valence-electron chi connectivity index (χ0n) is 12.3. The molecule has 0 bridgehead atoms. The Kier molecular flexibility index (Phi) is 7.92. The van der Waals surface area contributed by atoms with Crippen molar-refractivity contribution in [3.8, 4) is 0 Å². The lowest BCUT2D eigenvalue weighted by atomic mass is 9.87. The van der Waals surface area contributed by atoms with E-state index < -0.39 is 0 Å². The molecule has 1 rings (SSSR count). The topological polar surface area (TPSA) is 12.0 Å². The Hall–Kier alpha value is -0.0400. The monoisotopic (exact) mass is 239 g/mol. The van der Waals surface area contributed by atoms with Gasteiger partial charge in [-0.15, -0.1) is 0 Å². The summed E-state index contributed by atoms with van der Waals surface area (Å²) >= 11 is 0. The minimum atomic E-state index is 0.805. The quantitative estimate of drug-likeness (QED) is 0.572. The maximum Gasteiger partial charge on any atom is 0.00977 e. The normalized spacial score (nSPS) is 26.3. The molecule has 1 nitrogen and oxygen atoms in total. The van der Waals surface area contributed by atoms with Gasteiger partial charge in [0.1, 0.15) is 0 Å². The van der Waals surface area contributed by atoms with E-state index in [1.807, 2.05) is 0 Å². The molecule has 1 aliphatic rings. The van der Waals surface area contributed by atoms with Gasteiger partial charge < -0.3 is 5.32 Å². The fraction of sp³-hybridized carbons (Fsp3) is 1.00. The highest BCUT2D eigenvalue weighted by Gasteiger charge is 2.29. The first-order chi connectivity index (χ1) is 8.29. The standard InChI is InChI=1S/C16H33N/c1-4-6-7-8-9-13-16(17-5-2)15-12-10-11-14(15)3/h14-17H,4-13H2,1-3H3. The van der Waals surface area contributed by atoms with Crippen molar-refractivity contribution in [1.29, 1.82) is 0 Å². The summed E-state index contributed by atoms with van der Waals surface area (Å²) in [5.41, 5.74) is 0. The zero-order chi connectivity index (χ0) is 12.5. The van der Waals surface area contributed by atoms with Crippen LogP contribution in [0.2, 0.25) is 0 Å². The fourth-order valence-corrected chi connectivity index (χ4v) is 3.47. The van der Waals surface area contributed by atoms with Crippen LogP contribution in [0.15, 0.2) is 0 Å². The summed E-state index contributed by atoms with van der Waals surface area (Å²) < 4.78 is 0. The maximum atomic E-state index is 3.75. The lowest BCUT2D eigenvalue weighted by molar-refractivity contribution is 0.281. The van der Waals surface area contributed by atoms with Crippen LogP contribution < -0.4 is 5.32 Å². The van der Waals surface area contributed by atoms with E-state index in [9.17, 15) is 0 Å². The molecule has 0 aromatic heterocycles. The Balaban J connectivity index is 2.22. The SMILES string of the molecule is CCCCCCCC(NCC)C1CCCC1C. The first-order valence-corrected chi connectivity index (χ1v) is 8.03. The average Bonchev–Trinajstić information content (AvgIpc) is 2.74. The van der Waals surface area contributed by atoms with Crippen LogP contribution in [0.4, 0.5) is 0 Å². The molecule has 3 unspecified atom stereocenters. The second-order valence-electron chi connectivity index (χ2n) is 5.94. The van der Waals surface area contributed by atoms with Crippen molar-refractivity contribution in [2.24, 2.45) is 11.8 Å². The van der Waals surface area contributed by atoms with Crippen LogP contribution in [0.5, 0.6) is 0 Å². The van der Waals surface area contributed by atoms with Gasteiger partial charge in [-0.2, -0.15) is 0 Å². The third kappa shape index (κ3) is 5.42. The first-order valence-electron chi connectivity index (χ1n) is 8.03. The van der Waals surface area contributed by atoms with Gasteiger partial charge in [0, 0.05) is 6.04 Å². The third-order valence-electron chi connectivity index (χ3n) is 4.53. The van der Waals surface area contributed by atoms with E-state index in [1.165, 1.54) is 57.8 Å². The minimum Gasteiger partial charge on any atom is -0.314 e. The highest BCUT2D eigenvalue weighted by atomic mass is 14.9. The van der Waals surface area contributed by atoms with Crippen LogP contribution in [-0.4, -0.2) is 12.6 Å². The largest absolute Gasteiger partial charge is 0.314 e. The van der Waals surface area contributed by atoms with E-state index in [2.05, 4.69) is 26.1 Å². The second kappa shape index (κ2) is 8.97. The smallest absolute Gasteiger partial charge is 0.00977 e. The van der Waals surface area contributed by atoms with Crippen LogP contribution in [0.25, 0.3) is 0 Å². The molecule has 17 heavy (non-hydrogen) atoms. The summed E-state index contributed by atoms with van der Waals surface area (Å²) in [6.45, 7) is 8.15. The molecule has 0 aliphatic heterocycles. The van der Waals surface area contributed by atoms with Crippen molar-refractivity contribution in [3.63, 3.8) is 0 Å². The first kappa shape index (κ1) is 15.0. The molecule has 0 spiro atoms. The summed E-state index contributed by atoms with van der Waals surface area (Å²) in [5.74, 6) is 1.91. The summed E-state index contributed by atoms with van der Waals surface area (Å²) in [6.07, 6.45) is 12.9. The number of hydrogen-bond acceptors (Lipinski definition) is 1. The summed E-state index contributed by atoms with van der Waals surface area (Å²) in [6, 6.07) is 0.805. The van der Waals surface area contributed by atoms with Gasteiger partial charge in [0.25, 0.3) is 0 Å². The van der Waals surface area contributed by atoms with Crippen molar-refractivity contribution in [1.82, 2.24) is 5.32 Å². The number of hydrogen-bond donors (Lipinski definition) is 1. The van der Waals surface area contributed by atoms with Gasteiger partial charge in [0.05, 0.1) is 0 Å². The van der Waals surface area contributed by atoms with Gasteiger partial charge in [0.2, 0.25) is 0 Å². The summed E-state index contributed by atoms with van der Waals surface area (Å²) in [7, 11) is 0. The van der Waals surface area contributed by atoms with E-state index in [0.29, 0.717) is 0 Å². The van der Waals surface area contributed by atoms with Crippen molar-refractivity contribution in [3.05, 3.63) is 0 Å². The lowest BCUT2D eigenvalue weighted by Gasteiger charge is -2.27. The molecule has 0 aromatic rings. The van der Waals surface area contributed by atoms with Gasteiger partial charge in [-0.25, -0.2) is 0 Å². The predicted molar refractivity (Wildman–Crippen MR) is 77.3 cm³/mol. The van der Waals surface area contributed by atoms with Crippen molar-refractivity contribution in [2.45, 2.75) is 84.6 Å². The Bertz CT molecular complexity index is 178. The highest BCUT2D eigenvalue weighted by molar-refractivity contribution is 4.84. The molecule has 1 heteroatoms. The Morgan fingerprint density at radius 2 is 1.82 bits per heavy atom. The van der Waals surface area contributed by atoms with E-state index in [4.69, 9.17) is 0 Å². The molecule has 0 aromatic carbocycles. The average molecular weight is 239 g/mol. The lowest BCUT2D eigenvalue weighted by Crippen LogP contribution is -2.37. The Morgan fingerprint density at radius 1 is 1.06 bits per heavy atom. The van der Waals surface area contributed by atoms with Gasteiger partial charge in [-0.1, -0.05) is 65.7 Å². The van der Waals surface area contributed by atoms with Gasteiger partial charge >= 0.3 is 0 Å². The zero-order valence-corrected chi connectivity index (χ0v) is 12.3. The van der Waals surface area contributed by atoms with Crippen LogP contribution in [0, 0.1) is 11.8 Å². The number of nitrogens with one attached hydrogen (secondary N) is 1. The van der Waals surface area contributed by atoms with E-state index in [-0.39, 0.29) is 0 Å². The summed E-state index contributed by atoms with van der Waals surface area (Å²) in [4.78, 5) is 0. The maximum absolute atomic E-state index is 3.75. The van der Waals surface area contributed by atoms with Gasteiger partial charge in [-0.05, 0) is 31.2 Å². The van der Waals surface area contributed by atoms with Gasteiger partial charge in [0.15, 0.2) is 0 Å². The van der Waals surface area contributed by atoms with Gasteiger partial charge in [-0.3, -0.25) is 0 Å². The predicted octanol–water partition coefficient (Wildman–Crippen LogP) is 4.76. The molecule has 1 N–H and O–H groups in total. The minimum absolute atomic E-state index is 0.805. The molecule has 3 atom stereocenters. The van der Waals surface area contributed by atoms with E-state index >= 15 is 0 Å². The molecule has 1 fully saturated rings. The van der Waals surface area contributed by atoms with Crippen LogP contribution in [-0.2, 0) is 0 Å². The van der Waals surface area contributed by atoms with Crippen molar-refractivity contribution in [2.75, 3.05) is 6.54 Å². The molecule has 0 heterocycles. The van der Waals surface area contributed by atoms with Crippen molar-refractivity contribution < 1.29 is 0 Å². The molecular weight excluding hydrogens is 206 g/mol. The molecule has 1 saturated carbocycles. The Morgan fingerprint density at radius 3 is 2.41 bits per heavy atom. The van der Waals surface area contributed by atoms with E-state index in [1.54, 1.807) is 0 Å². The summed E-state index contributed by atoms with van der Waals surface area (Å²) in [5, 5.41) is 3.75. The third-order valence-corrected chi connectivity index (χ3v) is 4.53.